The molecule has 1 aliphatic rings. The predicted molar refractivity (Wildman–Crippen MR) is 43.8 cm³/mol. The molecule has 2 heteroatoms. The topological polar surface area (TPSA) is 26.0 Å². The van der Waals surface area contributed by atoms with Crippen LogP contribution in [-0.4, -0.2) is 11.8 Å². The van der Waals surface area contributed by atoms with Gasteiger partial charge in [0.25, 0.3) is 0 Å². The van der Waals surface area contributed by atoms with Crippen LogP contribution in [0, 0.1) is 5.92 Å². The highest BCUT2D eigenvalue weighted by atomic mass is 32.1. The molecular formula is C7H15NS. The molecule has 54 valence electrons. The molecule has 0 spiro atoms. The Hall–Kier alpha value is 0.310. The summed E-state index contributed by atoms with van der Waals surface area (Å²) >= 11 is 4.24. The van der Waals surface area contributed by atoms with Crippen molar-refractivity contribution in [2.45, 2.75) is 31.7 Å². The average Bonchev–Trinajstić information content (AvgIpc) is 1.89. The van der Waals surface area contributed by atoms with Crippen LogP contribution in [0.15, 0.2) is 0 Å². The monoisotopic (exact) mass is 145 g/mol. The fraction of sp³-hybridized carbons (Fsp3) is 1.00. The summed E-state index contributed by atoms with van der Waals surface area (Å²) < 4.78 is 0. The lowest BCUT2D eigenvalue weighted by atomic mass is 9.86. The molecule has 1 rings (SSSR count). The molecule has 1 unspecified atom stereocenters. The van der Waals surface area contributed by atoms with Gasteiger partial charge in [-0.05, 0) is 24.5 Å². The summed E-state index contributed by atoms with van der Waals surface area (Å²) in [4.78, 5) is 0. The van der Waals surface area contributed by atoms with Gasteiger partial charge >= 0.3 is 0 Å². The molecule has 0 radical (unpaired) electrons. The summed E-state index contributed by atoms with van der Waals surface area (Å²) in [7, 11) is 0. The van der Waals surface area contributed by atoms with E-state index in [1.165, 1.54) is 25.7 Å². The third kappa shape index (κ3) is 1.87. The van der Waals surface area contributed by atoms with Crippen molar-refractivity contribution in [3.05, 3.63) is 0 Å². The van der Waals surface area contributed by atoms with Crippen molar-refractivity contribution >= 4 is 12.6 Å². The third-order valence-corrected chi connectivity index (χ3v) is 2.67. The Morgan fingerprint density at radius 2 is 2.00 bits per heavy atom. The fourth-order valence-electron chi connectivity index (χ4n) is 1.46. The number of rotatable bonds is 1. The van der Waals surface area contributed by atoms with E-state index >= 15 is 0 Å². The third-order valence-electron chi connectivity index (χ3n) is 2.20. The second-order valence-corrected chi connectivity index (χ2v) is 3.26. The van der Waals surface area contributed by atoms with Crippen LogP contribution in [0.25, 0.3) is 0 Å². The molecule has 1 nitrogen and oxygen atoms in total. The van der Waals surface area contributed by atoms with Gasteiger partial charge in [-0.1, -0.05) is 12.8 Å². The van der Waals surface area contributed by atoms with E-state index in [0.29, 0.717) is 12.0 Å². The zero-order valence-corrected chi connectivity index (χ0v) is 6.61. The second-order valence-electron chi connectivity index (χ2n) is 2.89. The Morgan fingerprint density at radius 1 is 1.33 bits per heavy atom. The molecule has 0 heterocycles. The van der Waals surface area contributed by atoms with Crippen LogP contribution < -0.4 is 5.73 Å². The quantitative estimate of drug-likeness (QED) is 0.536. The Kier molecular flexibility index (Phi) is 2.86. The van der Waals surface area contributed by atoms with Crippen LogP contribution >= 0.6 is 12.6 Å². The molecule has 0 aromatic carbocycles. The number of thiol groups is 1. The van der Waals surface area contributed by atoms with E-state index < -0.39 is 0 Å². The number of hydrogen-bond acceptors (Lipinski definition) is 2. The molecule has 9 heavy (non-hydrogen) atoms. The highest BCUT2D eigenvalue weighted by molar-refractivity contribution is 7.80. The van der Waals surface area contributed by atoms with Gasteiger partial charge in [0.15, 0.2) is 0 Å². The van der Waals surface area contributed by atoms with E-state index in [4.69, 9.17) is 5.73 Å². The highest BCUT2D eigenvalue weighted by Gasteiger charge is 2.19. The Morgan fingerprint density at radius 3 is 2.44 bits per heavy atom. The Bertz CT molecular complexity index is 85.0. The maximum Gasteiger partial charge on any atom is 0.00749 e. The van der Waals surface area contributed by atoms with E-state index in [-0.39, 0.29) is 0 Å². The first kappa shape index (κ1) is 7.42. The SMILES string of the molecule is NC1CCCC[C@H]1CS. The second kappa shape index (κ2) is 3.47. The van der Waals surface area contributed by atoms with Gasteiger partial charge in [-0.3, -0.25) is 0 Å². The maximum atomic E-state index is 5.84. The van der Waals surface area contributed by atoms with Crippen molar-refractivity contribution in [2.75, 3.05) is 5.75 Å². The molecule has 1 saturated carbocycles. The molecule has 1 fully saturated rings. The maximum absolute atomic E-state index is 5.84. The first-order chi connectivity index (χ1) is 4.34. The van der Waals surface area contributed by atoms with Crippen molar-refractivity contribution in [3.63, 3.8) is 0 Å². The van der Waals surface area contributed by atoms with Gasteiger partial charge < -0.3 is 5.73 Å². The van der Waals surface area contributed by atoms with Crippen LogP contribution in [-0.2, 0) is 0 Å². The Labute approximate surface area is 62.4 Å². The van der Waals surface area contributed by atoms with Crippen LogP contribution in [0.4, 0.5) is 0 Å². The van der Waals surface area contributed by atoms with Crippen molar-refractivity contribution in [2.24, 2.45) is 11.7 Å². The number of nitrogens with two attached hydrogens (primary N) is 1. The molecule has 0 saturated heterocycles. The van der Waals surface area contributed by atoms with Crippen LogP contribution in [0.3, 0.4) is 0 Å². The molecule has 0 aromatic rings. The molecule has 0 bridgehead atoms. The van der Waals surface area contributed by atoms with E-state index in [9.17, 15) is 0 Å². The molecule has 2 atom stereocenters. The summed E-state index contributed by atoms with van der Waals surface area (Å²) in [6.45, 7) is 0. The standard InChI is InChI=1S/C7H15NS/c8-7-4-2-1-3-6(7)5-9/h6-7,9H,1-5,8H2/t6-,7?/m0/s1. The van der Waals surface area contributed by atoms with E-state index in [2.05, 4.69) is 12.6 Å². The van der Waals surface area contributed by atoms with Crippen molar-refractivity contribution < 1.29 is 0 Å². The minimum atomic E-state index is 0.441. The lowest BCUT2D eigenvalue weighted by molar-refractivity contribution is 0.336. The smallest absolute Gasteiger partial charge is 0.00749 e. The fourth-order valence-corrected chi connectivity index (χ4v) is 1.92. The molecule has 2 N–H and O–H groups in total. The largest absolute Gasteiger partial charge is 0.327 e. The number of hydrogen-bond donors (Lipinski definition) is 2. The van der Waals surface area contributed by atoms with Crippen molar-refractivity contribution in [3.8, 4) is 0 Å². The zero-order chi connectivity index (χ0) is 6.69. The van der Waals surface area contributed by atoms with Crippen LogP contribution in [0.1, 0.15) is 25.7 Å². The lowest BCUT2D eigenvalue weighted by Gasteiger charge is -2.26. The first-order valence-corrected chi connectivity index (χ1v) is 4.34. The molecule has 0 aromatic heterocycles. The summed E-state index contributed by atoms with van der Waals surface area (Å²) in [6.07, 6.45) is 5.19. The molecular weight excluding hydrogens is 130 g/mol. The van der Waals surface area contributed by atoms with Gasteiger partial charge in [0, 0.05) is 6.04 Å². The van der Waals surface area contributed by atoms with E-state index in [1.54, 1.807) is 0 Å². The summed E-state index contributed by atoms with van der Waals surface area (Å²) in [6, 6.07) is 0.441. The van der Waals surface area contributed by atoms with Crippen LogP contribution in [0.2, 0.25) is 0 Å². The van der Waals surface area contributed by atoms with Gasteiger partial charge in [0.1, 0.15) is 0 Å². The minimum Gasteiger partial charge on any atom is -0.327 e. The van der Waals surface area contributed by atoms with Crippen molar-refractivity contribution in [1.29, 1.82) is 0 Å². The summed E-state index contributed by atoms with van der Waals surface area (Å²) in [5.74, 6) is 1.67. The summed E-state index contributed by atoms with van der Waals surface area (Å²) in [5.41, 5.74) is 5.84. The lowest BCUT2D eigenvalue weighted by Crippen LogP contribution is -2.33. The van der Waals surface area contributed by atoms with Gasteiger partial charge in [-0.2, -0.15) is 12.6 Å². The van der Waals surface area contributed by atoms with Gasteiger partial charge in [0.05, 0.1) is 0 Å². The molecule has 0 amide bonds. The zero-order valence-electron chi connectivity index (χ0n) is 5.71. The van der Waals surface area contributed by atoms with Crippen LogP contribution in [0.5, 0.6) is 0 Å². The molecule has 0 aliphatic heterocycles. The van der Waals surface area contributed by atoms with Gasteiger partial charge in [0.2, 0.25) is 0 Å². The van der Waals surface area contributed by atoms with E-state index in [0.717, 1.165) is 5.75 Å². The van der Waals surface area contributed by atoms with Crippen molar-refractivity contribution in [1.82, 2.24) is 0 Å². The first-order valence-electron chi connectivity index (χ1n) is 3.71. The average molecular weight is 145 g/mol. The summed E-state index contributed by atoms with van der Waals surface area (Å²) in [5, 5.41) is 0. The molecule has 1 aliphatic carbocycles. The minimum absolute atomic E-state index is 0.441. The van der Waals surface area contributed by atoms with Gasteiger partial charge in [-0.15, -0.1) is 0 Å². The van der Waals surface area contributed by atoms with Gasteiger partial charge in [-0.25, -0.2) is 0 Å². The highest BCUT2D eigenvalue weighted by Crippen LogP contribution is 2.23. The van der Waals surface area contributed by atoms with E-state index in [1.807, 2.05) is 0 Å². The Balaban J connectivity index is 2.30. The normalized spacial score (nSPS) is 36.7. The predicted octanol–water partition coefficient (Wildman–Crippen LogP) is 1.43.